The van der Waals surface area contributed by atoms with Crippen LogP contribution >= 0.6 is 0 Å². The first-order chi connectivity index (χ1) is 7.06. The molecule has 0 saturated carbocycles. The van der Waals surface area contributed by atoms with Crippen molar-refractivity contribution in [2.75, 3.05) is 19.7 Å². The number of nitrogens with zero attached hydrogens (tertiary/aromatic N) is 1. The molecule has 0 aromatic rings. The number of hydrogen-bond acceptors (Lipinski definition) is 4. The van der Waals surface area contributed by atoms with Crippen LogP contribution in [-0.4, -0.2) is 47.7 Å². The van der Waals surface area contributed by atoms with Gasteiger partial charge in [0.2, 0.25) is 0 Å². The average molecular weight is 217 g/mol. The second-order valence-electron chi connectivity index (χ2n) is 3.13. The summed E-state index contributed by atoms with van der Waals surface area (Å²) in [7, 11) is 0. The molecule has 0 bridgehead atoms. The predicted octanol–water partition coefficient (Wildman–Crippen LogP) is 0.735. The van der Waals surface area contributed by atoms with Crippen LogP contribution in [0.25, 0.3) is 0 Å². The smallest absolute Gasteiger partial charge is 0.320 e. The number of aliphatic carboxylic acids is 1. The molecule has 1 atom stereocenters. The first-order valence-corrected chi connectivity index (χ1v) is 5.19. The third-order valence-corrected chi connectivity index (χ3v) is 2.16. The predicted molar refractivity (Wildman–Crippen MR) is 55.6 cm³/mol. The van der Waals surface area contributed by atoms with E-state index in [0.29, 0.717) is 19.6 Å². The molecule has 0 aromatic heterocycles. The van der Waals surface area contributed by atoms with E-state index in [1.54, 1.807) is 18.7 Å². The van der Waals surface area contributed by atoms with Crippen LogP contribution in [0, 0.1) is 0 Å². The maximum atomic E-state index is 11.2. The first-order valence-electron chi connectivity index (χ1n) is 5.19. The van der Waals surface area contributed by atoms with Gasteiger partial charge in [-0.2, -0.15) is 0 Å². The lowest BCUT2D eigenvalue weighted by Gasteiger charge is -2.25. The first kappa shape index (κ1) is 13.9. The zero-order valence-corrected chi connectivity index (χ0v) is 9.52. The Morgan fingerprint density at radius 2 is 1.93 bits per heavy atom. The number of ether oxygens (including phenoxy) is 1. The van der Waals surface area contributed by atoms with Gasteiger partial charge in [-0.1, -0.05) is 13.8 Å². The van der Waals surface area contributed by atoms with Gasteiger partial charge in [-0.05, 0) is 19.9 Å². The number of carbonyl (C=O) groups is 2. The number of carbonyl (C=O) groups excluding carboxylic acids is 1. The highest BCUT2D eigenvalue weighted by molar-refractivity contribution is 5.76. The van der Waals surface area contributed by atoms with E-state index >= 15 is 0 Å². The normalized spacial score (nSPS) is 12.5. The molecule has 5 heteroatoms. The fraction of sp³-hybridized carbons (Fsp3) is 0.800. The Bertz CT molecular complexity index is 217. The number of esters is 1. The maximum Gasteiger partial charge on any atom is 0.320 e. The van der Waals surface area contributed by atoms with Gasteiger partial charge in [0, 0.05) is 0 Å². The largest absolute Gasteiger partial charge is 0.480 e. The molecule has 0 aliphatic rings. The summed E-state index contributed by atoms with van der Waals surface area (Å²) in [5.74, 6) is -1.28. The van der Waals surface area contributed by atoms with Crippen LogP contribution < -0.4 is 0 Å². The molecule has 88 valence electrons. The topological polar surface area (TPSA) is 66.8 Å². The van der Waals surface area contributed by atoms with Crippen molar-refractivity contribution in [2.24, 2.45) is 0 Å². The van der Waals surface area contributed by atoms with Gasteiger partial charge in [-0.3, -0.25) is 14.5 Å². The van der Waals surface area contributed by atoms with Gasteiger partial charge in [0.05, 0.1) is 13.2 Å². The Balaban J connectivity index is 4.33. The summed E-state index contributed by atoms with van der Waals surface area (Å²) in [6, 6.07) is -0.612. The zero-order chi connectivity index (χ0) is 11.8. The van der Waals surface area contributed by atoms with E-state index in [1.165, 1.54) is 0 Å². The van der Waals surface area contributed by atoms with Crippen LogP contribution in [0.2, 0.25) is 0 Å². The summed E-state index contributed by atoms with van der Waals surface area (Å²) < 4.78 is 4.78. The lowest BCUT2D eigenvalue weighted by molar-refractivity contribution is -0.149. The molecule has 0 aliphatic heterocycles. The summed E-state index contributed by atoms with van der Waals surface area (Å²) in [5.41, 5.74) is 0. The third kappa shape index (κ3) is 4.78. The second-order valence-corrected chi connectivity index (χ2v) is 3.13. The highest BCUT2D eigenvalue weighted by Crippen LogP contribution is 2.04. The molecule has 0 amide bonds. The molecule has 0 saturated heterocycles. The minimum atomic E-state index is -0.899. The molecule has 1 N–H and O–H groups in total. The van der Waals surface area contributed by atoms with Gasteiger partial charge in [0.25, 0.3) is 0 Å². The molecule has 1 unspecified atom stereocenters. The van der Waals surface area contributed by atoms with Crippen LogP contribution in [0.15, 0.2) is 0 Å². The summed E-state index contributed by atoms with van der Waals surface area (Å²) in [6.07, 6.45) is 0.475. The van der Waals surface area contributed by atoms with Crippen molar-refractivity contribution >= 4 is 11.9 Å². The van der Waals surface area contributed by atoms with Crippen molar-refractivity contribution in [1.82, 2.24) is 4.90 Å². The van der Waals surface area contributed by atoms with E-state index in [0.717, 1.165) is 0 Å². The van der Waals surface area contributed by atoms with Gasteiger partial charge in [0.1, 0.15) is 6.04 Å². The SMILES string of the molecule is CCOC(=O)CN(CC)C(CC)C(=O)O. The molecule has 0 spiro atoms. The Kier molecular flexibility index (Phi) is 6.70. The van der Waals surface area contributed by atoms with Crippen molar-refractivity contribution < 1.29 is 19.4 Å². The Hall–Kier alpha value is -1.10. The standard InChI is InChI=1S/C10H19NO4/c1-4-8(10(13)14)11(5-2)7-9(12)15-6-3/h8H,4-7H2,1-3H3,(H,13,14). The van der Waals surface area contributed by atoms with Crippen LogP contribution in [0.5, 0.6) is 0 Å². The molecule has 0 aliphatic carbocycles. The lowest BCUT2D eigenvalue weighted by atomic mass is 10.2. The fourth-order valence-electron chi connectivity index (χ4n) is 1.40. The van der Waals surface area contributed by atoms with E-state index in [4.69, 9.17) is 9.84 Å². The highest BCUT2D eigenvalue weighted by Gasteiger charge is 2.24. The fourth-order valence-corrected chi connectivity index (χ4v) is 1.40. The number of rotatable bonds is 7. The Morgan fingerprint density at radius 1 is 1.33 bits per heavy atom. The summed E-state index contributed by atoms with van der Waals surface area (Å²) in [4.78, 5) is 23.7. The van der Waals surface area contributed by atoms with E-state index in [9.17, 15) is 9.59 Å². The molecule has 0 heterocycles. The molecule has 5 nitrogen and oxygen atoms in total. The number of carboxylic acid groups (broad SMARTS) is 1. The van der Waals surface area contributed by atoms with Crippen LogP contribution in [0.1, 0.15) is 27.2 Å². The Morgan fingerprint density at radius 3 is 2.27 bits per heavy atom. The quantitative estimate of drug-likeness (QED) is 0.637. The zero-order valence-electron chi connectivity index (χ0n) is 9.52. The van der Waals surface area contributed by atoms with E-state index in [-0.39, 0.29) is 12.5 Å². The van der Waals surface area contributed by atoms with Gasteiger partial charge >= 0.3 is 11.9 Å². The molecule has 0 radical (unpaired) electrons. The molecule has 0 rings (SSSR count). The van der Waals surface area contributed by atoms with Crippen LogP contribution in [0.4, 0.5) is 0 Å². The number of hydrogen-bond donors (Lipinski definition) is 1. The van der Waals surface area contributed by atoms with Gasteiger partial charge in [-0.15, -0.1) is 0 Å². The molecule has 0 fully saturated rings. The van der Waals surface area contributed by atoms with Crippen molar-refractivity contribution in [2.45, 2.75) is 33.2 Å². The van der Waals surface area contributed by atoms with Crippen LogP contribution in [0.3, 0.4) is 0 Å². The second kappa shape index (κ2) is 7.23. The third-order valence-electron chi connectivity index (χ3n) is 2.16. The number of likely N-dealkylation sites (N-methyl/N-ethyl adjacent to an activating group) is 1. The van der Waals surface area contributed by atoms with Gasteiger partial charge in [0.15, 0.2) is 0 Å². The van der Waals surface area contributed by atoms with E-state index in [2.05, 4.69) is 0 Å². The summed E-state index contributed by atoms with van der Waals surface area (Å²) in [5, 5.41) is 8.92. The molecule has 15 heavy (non-hydrogen) atoms. The van der Waals surface area contributed by atoms with Crippen molar-refractivity contribution in [3.63, 3.8) is 0 Å². The van der Waals surface area contributed by atoms with E-state index in [1.807, 2.05) is 6.92 Å². The van der Waals surface area contributed by atoms with Crippen molar-refractivity contribution in [1.29, 1.82) is 0 Å². The van der Waals surface area contributed by atoms with Crippen molar-refractivity contribution in [3.05, 3.63) is 0 Å². The van der Waals surface area contributed by atoms with Crippen molar-refractivity contribution in [3.8, 4) is 0 Å². The Labute approximate surface area is 90.0 Å². The van der Waals surface area contributed by atoms with E-state index < -0.39 is 12.0 Å². The molecule has 0 aromatic carbocycles. The average Bonchev–Trinajstić information content (AvgIpc) is 2.17. The monoisotopic (exact) mass is 217 g/mol. The maximum absolute atomic E-state index is 11.2. The lowest BCUT2D eigenvalue weighted by Crippen LogP contribution is -2.43. The molecular formula is C10H19NO4. The summed E-state index contributed by atoms with van der Waals surface area (Å²) >= 11 is 0. The number of carboxylic acids is 1. The molecular weight excluding hydrogens is 198 g/mol. The highest BCUT2D eigenvalue weighted by atomic mass is 16.5. The van der Waals surface area contributed by atoms with Crippen LogP contribution in [-0.2, 0) is 14.3 Å². The minimum Gasteiger partial charge on any atom is -0.480 e. The van der Waals surface area contributed by atoms with Gasteiger partial charge in [-0.25, -0.2) is 0 Å². The minimum absolute atomic E-state index is 0.0369. The van der Waals surface area contributed by atoms with Gasteiger partial charge < -0.3 is 9.84 Å². The summed E-state index contributed by atoms with van der Waals surface area (Å²) in [6.45, 7) is 6.21.